The van der Waals surface area contributed by atoms with Crippen LogP contribution in [0, 0.1) is 5.92 Å². The number of carbonyl (C=O) groups excluding carboxylic acids is 2. The van der Waals surface area contributed by atoms with Crippen LogP contribution >= 0.6 is 0 Å². The molecule has 0 aromatic carbocycles. The van der Waals surface area contributed by atoms with Crippen LogP contribution < -0.4 is 0 Å². The van der Waals surface area contributed by atoms with Gasteiger partial charge in [-0.1, -0.05) is 117 Å². The second-order valence-electron chi connectivity index (χ2n) is 14.9. The zero-order chi connectivity index (χ0) is 33.0. The van der Waals surface area contributed by atoms with Gasteiger partial charge >= 0.3 is 12.1 Å². The van der Waals surface area contributed by atoms with Crippen LogP contribution in [0.4, 0.5) is 4.79 Å². The first-order valence-corrected chi connectivity index (χ1v) is 19.6. The number of rotatable bonds is 28. The molecule has 0 unspecified atom stereocenters. The van der Waals surface area contributed by atoms with E-state index in [1.54, 1.807) is 0 Å². The van der Waals surface area contributed by atoms with Crippen LogP contribution in [-0.4, -0.2) is 66.8 Å². The lowest BCUT2D eigenvalue weighted by molar-refractivity contribution is -0.143. The second-order valence-corrected chi connectivity index (χ2v) is 14.9. The summed E-state index contributed by atoms with van der Waals surface area (Å²) in [6.45, 7) is 16.1. The molecule has 45 heavy (non-hydrogen) atoms. The highest BCUT2D eigenvalue weighted by Gasteiger charge is 2.27. The number of piperidine rings is 1. The number of likely N-dealkylation sites (tertiary alicyclic amines) is 1. The molecule has 0 atom stereocenters. The summed E-state index contributed by atoms with van der Waals surface area (Å²) in [6.07, 6.45) is 29.6. The summed E-state index contributed by atoms with van der Waals surface area (Å²) in [5.41, 5.74) is -0.429. The summed E-state index contributed by atoms with van der Waals surface area (Å²) in [7, 11) is 0. The lowest BCUT2D eigenvalue weighted by atomic mass is 9.93. The van der Waals surface area contributed by atoms with Gasteiger partial charge in [-0.3, -0.25) is 4.79 Å². The van der Waals surface area contributed by atoms with E-state index in [4.69, 9.17) is 9.47 Å². The Balaban J connectivity index is 2.29. The second kappa shape index (κ2) is 27.8. The lowest BCUT2D eigenvalue weighted by Gasteiger charge is -2.34. The first-order chi connectivity index (χ1) is 21.7. The molecule has 1 saturated heterocycles. The molecule has 0 radical (unpaired) electrons. The molecule has 1 aliphatic rings. The molecule has 0 N–H and O–H groups in total. The van der Waals surface area contributed by atoms with E-state index >= 15 is 0 Å². The molecule has 0 aliphatic carbocycles. The molecule has 1 rings (SSSR count). The molecule has 0 bridgehead atoms. The van der Waals surface area contributed by atoms with Gasteiger partial charge in [0.1, 0.15) is 5.60 Å². The van der Waals surface area contributed by atoms with Crippen LogP contribution in [0.3, 0.4) is 0 Å². The Bertz CT molecular complexity index is 700. The molecule has 0 aromatic heterocycles. The summed E-state index contributed by atoms with van der Waals surface area (Å²) in [5.74, 6) is 0.687. The highest BCUT2D eigenvalue weighted by Crippen LogP contribution is 2.23. The Morgan fingerprint density at radius 1 is 0.644 bits per heavy atom. The number of carbonyl (C=O) groups is 2. The minimum atomic E-state index is -0.429. The predicted molar refractivity (Wildman–Crippen MR) is 191 cm³/mol. The number of amides is 1. The van der Waals surface area contributed by atoms with Crippen molar-refractivity contribution in [3.8, 4) is 0 Å². The molecule has 266 valence electrons. The zero-order valence-electron chi connectivity index (χ0n) is 30.8. The maximum atomic E-state index is 12.5. The third-order valence-corrected chi connectivity index (χ3v) is 9.31. The number of ether oxygens (including phenoxy) is 2. The van der Waals surface area contributed by atoms with Gasteiger partial charge in [0, 0.05) is 19.5 Å². The molecule has 6 nitrogen and oxygen atoms in total. The number of unbranched alkanes of at least 4 members (excludes halogenated alkanes) is 17. The lowest BCUT2D eigenvalue weighted by Crippen LogP contribution is -2.42. The molecule has 0 aromatic rings. The van der Waals surface area contributed by atoms with Crippen molar-refractivity contribution in [3.05, 3.63) is 0 Å². The van der Waals surface area contributed by atoms with E-state index < -0.39 is 5.60 Å². The van der Waals surface area contributed by atoms with Crippen molar-refractivity contribution in [2.24, 2.45) is 5.92 Å². The van der Waals surface area contributed by atoms with E-state index in [-0.39, 0.29) is 12.1 Å². The fourth-order valence-corrected chi connectivity index (χ4v) is 6.35. The summed E-state index contributed by atoms with van der Waals surface area (Å²) in [6, 6.07) is 0. The van der Waals surface area contributed by atoms with Gasteiger partial charge in [-0.15, -0.1) is 0 Å². The van der Waals surface area contributed by atoms with Crippen molar-refractivity contribution in [2.75, 3.05) is 39.3 Å². The van der Waals surface area contributed by atoms with E-state index in [0.717, 1.165) is 58.0 Å². The summed E-state index contributed by atoms with van der Waals surface area (Å²) < 4.78 is 10.9. The van der Waals surface area contributed by atoms with Crippen molar-refractivity contribution in [2.45, 2.75) is 194 Å². The molecular formula is C39H76N2O4. The Labute approximate surface area is 280 Å². The van der Waals surface area contributed by atoms with Crippen LogP contribution in [0.1, 0.15) is 189 Å². The van der Waals surface area contributed by atoms with Gasteiger partial charge in [-0.2, -0.15) is 0 Å². The van der Waals surface area contributed by atoms with Gasteiger partial charge in [0.2, 0.25) is 0 Å². The summed E-state index contributed by atoms with van der Waals surface area (Å²) in [5, 5.41) is 0. The molecule has 1 aliphatic heterocycles. The van der Waals surface area contributed by atoms with Gasteiger partial charge < -0.3 is 19.3 Å². The first kappa shape index (κ1) is 41.7. The molecular weight excluding hydrogens is 560 g/mol. The Morgan fingerprint density at radius 3 is 1.62 bits per heavy atom. The SMILES string of the molecule is CCCCCCCCCCCCCCN(CCCCCCCC(=O)OCCCCC)CCC1CCN(C(=O)OC(C)(C)C)CC1. The monoisotopic (exact) mass is 637 g/mol. The van der Waals surface area contributed by atoms with Crippen molar-refractivity contribution in [1.82, 2.24) is 9.80 Å². The van der Waals surface area contributed by atoms with Crippen LogP contribution in [0.25, 0.3) is 0 Å². The fraction of sp³-hybridized carbons (Fsp3) is 0.949. The minimum Gasteiger partial charge on any atom is -0.466 e. The number of hydrogen-bond acceptors (Lipinski definition) is 5. The van der Waals surface area contributed by atoms with Crippen LogP contribution in [0.15, 0.2) is 0 Å². The van der Waals surface area contributed by atoms with Crippen LogP contribution in [-0.2, 0) is 14.3 Å². The van der Waals surface area contributed by atoms with E-state index in [1.165, 1.54) is 122 Å². The van der Waals surface area contributed by atoms with Crippen molar-refractivity contribution < 1.29 is 19.1 Å². The van der Waals surface area contributed by atoms with Gasteiger partial charge in [-0.05, 0) is 91.3 Å². The maximum absolute atomic E-state index is 12.5. The Morgan fingerprint density at radius 2 is 1.11 bits per heavy atom. The first-order valence-electron chi connectivity index (χ1n) is 19.6. The molecule has 1 fully saturated rings. The number of nitrogens with zero attached hydrogens (tertiary/aromatic N) is 2. The third-order valence-electron chi connectivity index (χ3n) is 9.31. The molecule has 1 heterocycles. The zero-order valence-corrected chi connectivity index (χ0v) is 30.8. The van der Waals surface area contributed by atoms with E-state index in [1.807, 2.05) is 25.7 Å². The highest BCUT2D eigenvalue weighted by molar-refractivity contribution is 5.69. The van der Waals surface area contributed by atoms with Gasteiger partial charge in [-0.25, -0.2) is 4.79 Å². The molecule has 1 amide bonds. The van der Waals surface area contributed by atoms with Gasteiger partial charge in [0.25, 0.3) is 0 Å². The topological polar surface area (TPSA) is 59.1 Å². The average molecular weight is 637 g/mol. The minimum absolute atomic E-state index is 0.0170. The number of esters is 1. The van der Waals surface area contributed by atoms with Crippen molar-refractivity contribution in [3.63, 3.8) is 0 Å². The van der Waals surface area contributed by atoms with Crippen molar-refractivity contribution >= 4 is 12.1 Å². The summed E-state index contributed by atoms with van der Waals surface area (Å²) in [4.78, 5) is 29.0. The third kappa shape index (κ3) is 25.5. The molecule has 6 heteroatoms. The largest absolute Gasteiger partial charge is 0.466 e. The average Bonchev–Trinajstić information content (AvgIpc) is 3.01. The number of hydrogen-bond donors (Lipinski definition) is 0. The fourth-order valence-electron chi connectivity index (χ4n) is 6.35. The Kier molecular flexibility index (Phi) is 25.8. The normalized spacial score (nSPS) is 14.3. The van der Waals surface area contributed by atoms with E-state index in [0.29, 0.717) is 18.9 Å². The highest BCUT2D eigenvalue weighted by atomic mass is 16.6. The van der Waals surface area contributed by atoms with Crippen LogP contribution in [0.5, 0.6) is 0 Å². The van der Waals surface area contributed by atoms with Crippen LogP contribution in [0.2, 0.25) is 0 Å². The maximum Gasteiger partial charge on any atom is 0.410 e. The van der Waals surface area contributed by atoms with E-state index in [9.17, 15) is 9.59 Å². The van der Waals surface area contributed by atoms with E-state index in [2.05, 4.69) is 18.7 Å². The Hall–Kier alpha value is -1.30. The van der Waals surface area contributed by atoms with Crippen molar-refractivity contribution in [1.29, 1.82) is 0 Å². The smallest absolute Gasteiger partial charge is 0.410 e. The predicted octanol–water partition coefficient (Wildman–Crippen LogP) is 11.1. The summed E-state index contributed by atoms with van der Waals surface area (Å²) >= 11 is 0. The van der Waals surface area contributed by atoms with Gasteiger partial charge in [0.05, 0.1) is 6.61 Å². The molecule has 0 saturated carbocycles. The standard InChI is InChI=1S/C39H76N2O4/c1-6-8-10-11-12-13-14-15-16-17-20-23-30-40(31-24-21-18-19-22-26-37(42)44-35-25-9-7-2)32-27-36-28-33-41(34-29-36)38(43)45-39(3,4)5/h36H,6-35H2,1-5H3. The molecule has 0 spiro atoms. The van der Waals surface area contributed by atoms with Gasteiger partial charge in [0.15, 0.2) is 0 Å². The quantitative estimate of drug-likeness (QED) is 0.0631.